The topological polar surface area (TPSA) is 219 Å². The molecule has 0 bridgehead atoms. The number of aromatic amines is 1. The van der Waals surface area contributed by atoms with Gasteiger partial charge in [-0.3, -0.25) is 4.79 Å². The Kier molecular flexibility index (Phi) is 15.8. The van der Waals surface area contributed by atoms with Gasteiger partial charge in [0.05, 0.1) is 42.6 Å². The molecule has 46 heavy (non-hydrogen) atoms. The summed E-state index contributed by atoms with van der Waals surface area (Å²) in [5.74, 6) is -1.12. The van der Waals surface area contributed by atoms with Crippen LogP contribution in [0.15, 0.2) is 70.7 Å². The van der Waals surface area contributed by atoms with Gasteiger partial charge in [0.15, 0.2) is 5.69 Å². The summed E-state index contributed by atoms with van der Waals surface area (Å²) in [7, 11) is 4.41. The minimum Gasteiger partial charge on any atom is -0.536 e. The molecule has 2 aromatic carbocycles. The second-order valence-electron chi connectivity index (χ2n) is 8.17. The fraction of sp³-hybridized carbons (Fsp3) is 0.143. The summed E-state index contributed by atoms with van der Waals surface area (Å²) < 4.78 is 18.8. The SMILES string of the molecule is C.COC(=O)c1ccc(O[B]O)c(N)c1.COC(=O)c1ccc2c(c1)[nH]c(=O)c1ncncc12.COC(=O)c1ncncc1Br.Cl. The highest BCUT2D eigenvalue weighted by Crippen LogP contribution is 2.22. The number of nitrogen functional groups attached to an aromatic ring is 1. The highest BCUT2D eigenvalue weighted by Gasteiger charge is 2.12. The molecule has 15 nitrogen and oxygen atoms in total. The number of anilines is 1. The van der Waals surface area contributed by atoms with Crippen LogP contribution in [0.3, 0.4) is 0 Å². The van der Waals surface area contributed by atoms with Crippen molar-refractivity contribution in [3.05, 3.63) is 93.1 Å². The van der Waals surface area contributed by atoms with Gasteiger partial charge in [-0.1, -0.05) is 13.5 Å². The number of hydrogen-bond acceptors (Lipinski definition) is 14. The maximum absolute atomic E-state index is 11.9. The molecule has 4 N–H and O–H groups in total. The average molecular weight is 719 g/mol. The van der Waals surface area contributed by atoms with Crippen LogP contribution in [0.2, 0.25) is 0 Å². The zero-order valence-electron chi connectivity index (χ0n) is 23.7. The molecule has 0 atom stereocenters. The number of nitrogens with one attached hydrogen (secondary N) is 1. The Bertz CT molecular complexity index is 1880. The van der Waals surface area contributed by atoms with Crippen molar-refractivity contribution in [1.29, 1.82) is 0 Å². The van der Waals surface area contributed by atoms with Gasteiger partial charge in [-0.25, -0.2) is 34.3 Å². The Labute approximate surface area is 277 Å². The van der Waals surface area contributed by atoms with Crippen molar-refractivity contribution in [2.24, 2.45) is 0 Å². The van der Waals surface area contributed by atoms with Gasteiger partial charge in [-0.2, -0.15) is 0 Å². The number of fused-ring (bicyclic) bond motifs is 3. The summed E-state index contributed by atoms with van der Waals surface area (Å²) in [5.41, 5.74) is 7.29. The van der Waals surface area contributed by atoms with Crippen molar-refractivity contribution in [2.75, 3.05) is 27.1 Å². The second-order valence-corrected chi connectivity index (χ2v) is 9.02. The van der Waals surface area contributed by atoms with Crippen LogP contribution in [0.4, 0.5) is 5.69 Å². The van der Waals surface area contributed by atoms with E-state index in [1.807, 2.05) is 0 Å². The van der Waals surface area contributed by atoms with E-state index in [4.69, 9.17) is 10.8 Å². The fourth-order valence-electron chi connectivity index (χ4n) is 3.53. The van der Waals surface area contributed by atoms with Gasteiger partial charge < -0.3 is 34.6 Å². The van der Waals surface area contributed by atoms with E-state index in [1.165, 1.54) is 58.4 Å². The highest BCUT2D eigenvalue weighted by atomic mass is 79.9. The third kappa shape index (κ3) is 9.69. The Morgan fingerprint density at radius 2 is 1.46 bits per heavy atom. The molecule has 3 heterocycles. The van der Waals surface area contributed by atoms with E-state index in [9.17, 15) is 19.2 Å². The average Bonchev–Trinajstić information content (AvgIpc) is 3.05. The molecule has 0 fully saturated rings. The molecule has 0 unspecified atom stereocenters. The number of methoxy groups -OCH3 is 3. The summed E-state index contributed by atoms with van der Waals surface area (Å²) in [6.45, 7) is 0. The van der Waals surface area contributed by atoms with Crippen molar-refractivity contribution in [3.8, 4) is 5.75 Å². The zero-order valence-corrected chi connectivity index (χ0v) is 26.1. The van der Waals surface area contributed by atoms with E-state index in [0.29, 0.717) is 39.7 Å². The first-order chi connectivity index (χ1) is 21.1. The molecule has 5 aromatic rings. The van der Waals surface area contributed by atoms with Crippen molar-refractivity contribution in [2.45, 2.75) is 7.43 Å². The highest BCUT2D eigenvalue weighted by molar-refractivity contribution is 9.10. The number of ether oxygens (including phenoxy) is 3. The Morgan fingerprint density at radius 3 is 2.04 bits per heavy atom. The number of carbonyl (C=O) groups excluding carboxylic acids is 3. The first kappa shape index (κ1) is 38.9. The standard InChI is InChI=1S/C13H9N3O3.C8H9BNO4.C6H5BrN2O2.CH4.ClH/c1-19-13(18)7-2-3-8-9-5-14-6-15-11(9)12(17)16-10(8)4-7;1-13-8(11)5-2-3-7(14-9-12)6(10)4-5;1-11-6(10)5-4(7)2-8-3-9-5;;/h2-6H,1H3,(H,16,17);2-4,12H,10H2,1H3;2-3H,1H3;1H4;1H. The number of benzene rings is 2. The minimum absolute atomic E-state index is 0. The number of halogens is 2. The zero-order chi connectivity index (χ0) is 32.2. The van der Waals surface area contributed by atoms with E-state index < -0.39 is 17.9 Å². The van der Waals surface area contributed by atoms with Crippen LogP contribution in [-0.4, -0.2) is 76.9 Å². The van der Waals surface area contributed by atoms with Gasteiger partial charge in [0.25, 0.3) is 5.56 Å². The number of rotatable bonds is 5. The summed E-state index contributed by atoms with van der Waals surface area (Å²) in [4.78, 5) is 63.3. The normalized spacial score (nSPS) is 9.50. The second kappa shape index (κ2) is 18.6. The number of nitrogens with zero attached hydrogens (tertiary/aromatic N) is 4. The number of pyridine rings is 1. The van der Waals surface area contributed by atoms with Crippen LogP contribution in [0.5, 0.6) is 5.75 Å². The molecule has 0 spiro atoms. The molecule has 0 saturated heterocycles. The molecule has 0 aliphatic rings. The molecular formula is C28H28BBrClN6O9. The van der Waals surface area contributed by atoms with E-state index in [2.05, 4.69) is 59.7 Å². The lowest BCUT2D eigenvalue weighted by Gasteiger charge is -2.06. The van der Waals surface area contributed by atoms with Gasteiger partial charge in [0.2, 0.25) is 0 Å². The lowest BCUT2D eigenvalue weighted by molar-refractivity contribution is 0.0586. The van der Waals surface area contributed by atoms with E-state index in [-0.39, 0.29) is 42.5 Å². The molecular weight excluding hydrogens is 691 g/mol. The first-order valence-corrected chi connectivity index (χ1v) is 12.9. The summed E-state index contributed by atoms with van der Waals surface area (Å²) >= 11 is 3.11. The van der Waals surface area contributed by atoms with Crippen LogP contribution in [-0.2, 0) is 14.2 Å². The van der Waals surface area contributed by atoms with Crippen LogP contribution in [0.1, 0.15) is 38.6 Å². The lowest BCUT2D eigenvalue weighted by Crippen LogP contribution is -2.09. The number of hydrogen-bond donors (Lipinski definition) is 3. The number of H-pyrrole nitrogens is 1. The number of aromatic nitrogens is 5. The molecule has 18 heteroatoms. The quantitative estimate of drug-likeness (QED) is 0.0781. The maximum Gasteiger partial charge on any atom is 0.569 e. The van der Waals surface area contributed by atoms with Crippen LogP contribution in [0, 0.1) is 0 Å². The minimum atomic E-state index is -0.476. The van der Waals surface area contributed by atoms with Crippen molar-refractivity contribution < 1.29 is 38.3 Å². The summed E-state index contributed by atoms with van der Waals surface area (Å²) in [6, 6.07) is 9.32. The number of esters is 3. The van der Waals surface area contributed by atoms with Gasteiger partial charge in [-0.15, -0.1) is 12.4 Å². The number of carbonyl (C=O) groups is 3. The number of nitrogens with two attached hydrogens (primary N) is 1. The molecule has 0 aliphatic carbocycles. The molecule has 0 saturated carbocycles. The smallest absolute Gasteiger partial charge is 0.536 e. The predicted octanol–water partition coefficient (Wildman–Crippen LogP) is 3.30. The largest absolute Gasteiger partial charge is 0.569 e. The van der Waals surface area contributed by atoms with E-state index in [1.54, 1.807) is 24.4 Å². The van der Waals surface area contributed by atoms with Crippen molar-refractivity contribution in [1.82, 2.24) is 24.9 Å². The van der Waals surface area contributed by atoms with Gasteiger partial charge in [0, 0.05) is 28.7 Å². The van der Waals surface area contributed by atoms with Gasteiger partial charge in [-0.05, 0) is 46.3 Å². The summed E-state index contributed by atoms with van der Waals surface area (Å²) in [5, 5.41) is 9.81. The molecule has 0 amide bonds. The molecule has 241 valence electrons. The summed E-state index contributed by atoms with van der Waals surface area (Å²) in [6.07, 6.45) is 5.68. The van der Waals surface area contributed by atoms with E-state index >= 15 is 0 Å². The van der Waals surface area contributed by atoms with Gasteiger partial charge >= 0.3 is 25.6 Å². The third-order valence-corrected chi connectivity index (χ3v) is 6.14. The maximum atomic E-state index is 11.9. The Balaban J connectivity index is 0.000000352. The van der Waals surface area contributed by atoms with Crippen LogP contribution < -0.4 is 15.9 Å². The third-order valence-electron chi connectivity index (χ3n) is 5.56. The molecule has 0 aliphatic heterocycles. The molecule has 3 aromatic heterocycles. The van der Waals surface area contributed by atoms with Crippen molar-refractivity contribution >= 4 is 81.4 Å². The Morgan fingerprint density at radius 1 is 0.870 bits per heavy atom. The molecule has 1 radical (unpaired) electrons. The van der Waals surface area contributed by atoms with Crippen molar-refractivity contribution in [3.63, 3.8) is 0 Å². The molecule has 5 rings (SSSR count). The van der Waals surface area contributed by atoms with Crippen LogP contribution >= 0.6 is 28.3 Å². The first-order valence-electron chi connectivity index (χ1n) is 12.1. The predicted molar refractivity (Wildman–Crippen MR) is 175 cm³/mol. The van der Waals surface area contributed by atoms with E-state index in [0.717, 1.165) is 5.39 Å². The van der Waals surface area contributed by atoms with Crippen LogP contribution in [0.25, 0.3) is 21.8 Å². The fourth-order valence-corrected chi connectivity index (χ4v) is 3.92. The van der Waals surface area contributed by atoms with Gasteiger partial charge in [0.1, 0.15) is 23.9 Å². The monoisotopic (exact) mass is 717 g/mol. The lowest BCUT2D eigenvalue weighted by atomic mass is 10.1. The Hall–Kier alpha value is -5.13.